The van der Waals surface area contributed by atoms with Gasteiger partial charge in [0, 0.05) is 12.1 Å². The van der Waals surface area contributed by atoms with Crippen molar-refractivity contribution in [1.29, 1.82) is 0 Å². The lowest BCUT2D eigenvalue weighted by Crippen LogP contribution is -2.20. The fourth-order valence-electron chi connectivity index (χ4n) is 1.69. The number of halogens is 1. The molecule has 0 heterocycles. The van der Waals surface area contributed by atoms with Crippen LogP contribution in [-0.4, -0.2) is 17.4 Å². The monoisotopic (exact) mass is 320 g/mol. The van der Waals surface area contributed by atoms with Crippen LogP contribution in [0.2, 0.25) is 5.02 Å². The summed E-state index contributed by atoms with van der Waals surface area (Å²) < 4.78 is 5.33. The van der Waals surface area contributed by atoms with E-state index in [9.17, 15) is 14.9 Å². The summed E-state index contributed by atoms with van der Waals surface area (Å²) in [5.41, 5.74) is 1.25. The maximum Gasteiger partial charge on any atom is 0.271 e. The standard InChI is InChI=1S/C15H13ClN2O4/c1-10-2-5-12(6-3-10)22-9-15(19)17-14-7-4-11(18(20)21)8-13(14)16/h2-8H,9H2,1H3,(H,17,19). The van der Waals surface area contributed by atoms with Gasteiger partial charge in [0.05, 0.1) is 15.6 Å². The molecule has 22 heavy (non-hydrogen) atoms. The van der Waals surface area contributed by atoms with E-state index in [4.69, 9.17) is 16.3 Å². The molecule has 0 spiro atoms. The molecule has 0 aliphatic carbocycles. The zero-order valence-corrected chi connectivity index (χ0v) is 12.5. The largest absolute Gasteiger partial charge is 0.484 e. The number of benzene rings is 2. The summed E-state index contributed by atoms with van der Waals surface area (Å²) in [5.74, 6) is 0.173. The molecule has 2 rings (SSSR count). The molecule has 0 atom stereocenters. The maximum atomic E-state index is 11.8. The second-order valence-corrected chi connectivity index (χ2v) is 4.98. The number of nitro benzene ring substituents is 1. The molecule has 114 valence electrons. The van der Waals surface area contributed by atoms with Gasteiger partial charge in [0.2, 0.25) is 0 Å². The second-order valence-electron chi connectivity index (χ2n) is 4.57. The van der Waals surface area contributed by atoms with Crippen LogP contribution in [0.15, 0.2) is 42.5 Å². The molecule has 1 N–H and O–H groups in total. The molecule has 1 amide bonds. The summed E-state index contributed by atoms with van der Waals surface area (Å²) >= 11 is 5.89. The maximum absolute atomic E-state index is 11.8. The van der Waals surface area contributed by atoms with Gasteiger partial charge in [-0.25, -0.2) is 0 Å². The number of carbonyl (C=O) groups is 1. The van der Waals surface area contributed by atoms with E-state index in [1.165, 1.54) is 18.2 Å². The van der Waals surface area contributed by atoms with Crippen LogP contribution < -0.4 is 10.1 Å². The molecule has 0 fully saturated rings. The van der Waals surface area contributed by atoms with E-state index in [0.29, 0.717) is 11.4 Å². The number of ether oxygens (including phenoxy) is 1. The predicted molar refractivity (Wildman–Crippen MR) is 83.4 cm³/mol. The van der Waals surface area contributed by atoms with Crippen LogP contribution in [0.5, 0.6) is 5.75 Å². The molecule has 0 unspecified atom stereocenters. The number of hydrogen-bond donors (Lipinski definition) is 1. The van der Waals surface area contributed by atoms with Crippen LogP contribution in [0.25, 0.3) is 0 Å². The van der Waals surface area contributed by atoms with Gasteiger partial charge in [-0.2, -0.15) is 0 Å². The number of nitro groups is 1. The van der Waals surface area contributed by atoms with Crippen molar-refractivity contribution >= 4 is 28.9 Å². The second kappa shape index (κ2) is 6.91. The number of nitrogens with zero attached hydrogens (tertiary/aromatic N) is 1. The first-order valence-electron chi connectivity index (χ1n) is 6.39. The van der Waals surface area contributed by atoms with E-state index in [-0.39, 0.29) is 17.3 Å². The molecule has 0 aliphatic rings. The van der Waals surface area contributed by atoms with Gasteiger partial charge in [-0.05, 0) is 25.1 Å². The molecule has 6 nitrogen and oxygen atoms in total. The first-order valence-corrected chi connectivity index (χ1v) is 6.77. The fraction of sp³-hybridized carbons (Fsp3) is 0.133. The number of rotatable bonds is 5. The molecule has 0 aliphatic heterocycles. The Bertz CT molecular complexity index is 701. The van der Waals surface area contributed by atoms with Crippen molar-refractivity contribution in [3.8, 4) is 5.75 Å². The van der Waals surface area contributed by atoms with Crippen molar-refractivity contribution in [2.75, 3.05) is 11.9 Å². The summed E-state index contributed by atoms with van der Waals surface area (Å²) in [6, 6.07) is 11.1. The average molecular weight is 321 g/mol. The number of nitrogens with one attached hydrogen (secondary N) is 1. The molecule has 0 bridgehead atoms. The molecule has 7 heteroatoms. The first kappa shape index (κ1) is 15.8. The van der Waals surface area contributed by atoms with Crippen molar-refractivity contribution in [3.63, 3.8) is 0 Å². The Kier molecular flexibility index (Phi) is 4.95. The quantitative estimate of drug-likeness (QED) is 0.674. The van der Waals surface area contributed by atoms with E-state index in [1.807, 2.05) is 19.1 Å². The summed E-state index contributed by atoms with van der Waals surface area (Å²) in [6.45, 7) is 1.77. The smallest absolute Gasteiger partial charge is 0.271 e. The normalized spacial score (nSPS) is 10.1. The first-order chi connectivity index (χ1) is 10.5. The van der Waals surface area contributed by atoms with Crippen molar-refractivity contribution in [2.45, 2.75) is 6.92 Å². The van der Waals surface area contributed by atoms with E-state index in [0.717, 1.165) is 5.56 Å². The molecular formula is C15H13ClN2O4. The van der Waals surface area contributed by atoms with Gasteiger partial charge in [0.15, 0.2) is 6.61 Å². The molecule has 2 aromatic rings. The summed E-state index contributed by atoms with van der Waals surface area (Å²) in [7, 11) is 0. The summed E-state index contributed by atoms with van der Waals surface area (Å²) in [5, 5.41) is 13.2. The Hall–Kier alpha value is -2.60. The van der Waals surface area contributed by atoms with Gasteiger partial charge < -0.3 is 10.1 Å². The number of non-ortho nitro benzene ring substituents is 1. The van der Waals surface area contributed by atoms with Gasteiger partial charge in [-0.1, -0.05) is 29.3 Å². The number of aryl methyl sites for hydroxylation is 1. The fourth-order valence-corrected chi connectivity index (χ4v) is 1.91. The van der Waals surface area contributed by atoms with Crippen LogP contribution in [0.1, 0.15) is 5.56 Å². The zero-order chi connectivity index (χ0) is 16.1. The van der Waals surface area contributed by atoms with E-state index < -0.39 is 10.8 Å². The molecule has 0 saturated carbocycles. The van der Waals surface area contributed by atoms with Crippen molar-refractivity contribution in [1.82, 2.24) is 0 Å². The van der Waals surface area contributed by atoms with Crippen LogP contribution in [-0.2, 0) is 4.79 Å². The summed E-state index contributed by atoms with van der Waals surface area (Å²) in [6.07, 6.45) is 0. The van der Waals surface area contributed by atoms with Crippen LogP contribution >= 0.6 is 11.6 Å². The van der Waals surface area contributed by atoms with Crippen LogP contribution in [0.4, 0.5) is 11.4 Å². The van der Waals surface area contributed by atoms with E-state index in [1.54, 1.807) is 12.1 Å². The third-order valence-corrected chi connectivity index (χ3v) is 3.14. The van der Waals surface area contributed by atoms with E-state index in [2.05, 4.69) is 5.32 Å². The predicted octanol–water partition coefficient (Wildman–Crippen LogP) is 3.57. The highest BCUT2D eigenvalue weighted by atomic mass is 35.5. The van der Waals surface area contributed by atoms with Gasteiger partial charge in [0.25, 0.3) is 11.6 Å². The number of anilines is 1. The lowest BCUT2D eigenvalue weighted by Gasteiger charge is -2.09. The zero-order valence-electron chi connectivity index (χ0n) is 11.7. The topological polar surface area (TPSA) is 81.5 Å². The Morgan fingerprint density at radius 1 is 1.27 bits per heavy atom. The highest BCUT2D eigenvalue weighted by molar-refractivity contribution is 6.34. The lowest BCUT2D eigenvalue weighted by atomic mass is 10.2. The Labute approximate surface area is 131 Å². The third kappa shape index (κ3) is 4.20. The van der Waals surface area contributed by atoms with Crippen molar-refractivity contribution in [3.05, 3.63) is 63.2 Å². The minimum absolute atomic E-state index is 0.0953. The lowest BCUT2D eigenvalue weighted by molar-refractivity contribution is -0.384. The molecule has 0 aromatic heterocycles. The minimum Gasteiger partial charge on any atom is -0.484 e. The molecule has 0 radical (unpaired) electrons. The number of hydrogen-bond acceptors (Lipinski definition) is 4. The molecule has 0 saturated heterocycles. The van der Waals surface area contributed by atoms with Gasteiger partial charge in [0.1, 0.15) is 5.75 Å². The number of carbonyl (C=O) groups excluding carboxylic acids is 1. The number of amides is 1. The van der Waals surface area contributed by atoms with Crippen molar-refractivity contribution in [2.24, 2.45) is 0 Å². The SMILES string of the molecule is Cc1ccc(OCC(=O)Nc2ccc([N+](=O)[O-])cc2Cl)cc1. The summed E-state index contributed by atoms with van der Waals surface area (Å²) in [4.78, 5) is 21.8. The molecule has 2 aromatic carbocycles. The highest BCUT2D eigenvalue weighted by Gasteiger charge is 2.11. The van der Waals surface area contributed by atoms with Gasteiger partial charge >= 0.3 is 0 Å². The Morgan fingerprint density at radius 2 is 1.95 bits per heavy atom. The minimum atomic E-state index is -0.558. The van der Waals surface area contributed by atoms with Crippen molar-refractivity contribution < 1.29 is 14.5 Å². The average Bonchev–Trinajstić information content (AvgIpc) is 2.48. The van der Waals surface area contributed by atoms with Crippen LogP contribution in [0, 0.1) is 17.0 Å². The Balaban J connectivity index is 1.94. The van der Waals surface area contributed by atoms with Gasteiger partial charge in [-0.3, -0.25) is 14.9 Å². The highest BCUT2D eigenvalue weighted by Crippen LogP contribution is 2.26. The molecular weight excluding hydrogens is 308 g/mol. The van der Waals surface area contributed by atoms with E-state index >= 15 is 0 Å². The Morgan fingerprint density at radius 3 is 2.55 bits per heavy atom. The van der Waals surface area contributed by atoms with Crippen LogP contribution in [0.3, 0.4) is 0 Å². The van der Waals surface area contributed by atoms with Gasteiger partial charge in [-0.15, -0.1) is 0 Å². The third-order valence-electron chi connectivity index (χ3n) is 2.83.